The Morgan fingerprint density at radius 2 is 2.17 bits per heavy atom. The number of nitrogens with one attached hydrogen (secondary N) is 1. The summed E-state index contributed by atoms with van der Waals surface area (Å²) in [7, 11) is -2.25. The van der Waals surface area contributed by atoms with Gasteiger partial charge in [0.15, 0.2) is 0 Å². The van der Waals surface area contributed by atoms with E-state index in [4.69, 9.17) is 0 Å². The van der Waals surface area contributed by atoms with E-state index < -0.39 is 15.8 Å². The molecule has 0 bridgehead atoms. The number of hydrogen-bond donors (Lipinski definition) is 1. The van der Waals surface area contributed by atoms with Gasteiger partial charge in [0, 0.05) is 19.6 Å². The fourth-order valence-electron chi connectivity index (χ4n) is 2.11. The number of halogens is 1. The minimum atomic E-state index is -3.76. The Morgan fingerprint density at radius 3 is 2.78 bits per heavy atom. The predicted molar refractivity (Wildman–Crippen MR) is 67.4 cm³/mol. The van der Waals surface area contributed by atoms with E-state index in [0.29, 0.717) is 6.54 Å². The molecule has 1 aromatic carbocycles. The largest absolute Gasteiger partial charge is 0.315 e. The topological polar surface area (TPSA) is 49.4 Å². The van der Waals surface area contributed by atoms with Crippen molar-refractivity contribution >= 4 is 10.0 Å². The monoisotopic (exact) mass is 272 g/mol. The zero-order valence-electron chi connectivity index (χ0n) is 10.5. The molecule has 1 fully saturated rings. The van der Waals surface area contributed by atoms with E-state index in [1.54, 1.807) is 13.0 Å². The number of rotatable bonds is 3. The Kier molecular flexibility index (Phi) is 3.70. The molecular weight excluding hydrogens is 255 g/mol. The van der Waals surface area contributed by atoms with E-state index >= 15 is 0 Å². The number of aryl methyl sites for hydroxylation is 1. The Balaban J connectivity index is 2.37. The normalized spacial score (nSPS) is 20.6. The lowest BCUT2D eigenvalue weighted by Crippen LogP contribution is -2.38. The van der Waals surface area contributed by atoms with Crippen LogP contribution in [0.4, 0.5) is 4.39 Å². The number of likely N-dealkylation sites (N-methyl/N-ethyl adjacent to an activating group) is 1. The van der Waals surface area contributed by atoms with Gasteiger partial charge in [-0.25, -0.2) is 12.8 Å². The molecule has 0 radical (unpaired) electrons. The molecule has 4 nitrogen and oxygen atoms in total. The molecule has 18 heavy (non-hydrogen) atoms. The lowest BCUT2D eigenvalue weighted by atomic mass is 10.2. The summed E-state index contributed by atoms with van der Waals surface area (Å²) >= 11 is 0. The molecule has 1 saturated heterocycles. The Labute approximate surface area is 107 Å². The summed E-state index contributed by atoms with van der Waals surface area (Å²) < 4.78 is 39.7. The van der Waals surface area contributed by atoms with Crippen LogP contribution >= 0.6 is 0 Å². The Bertz CT molecular complexity index is 539. The molecule has 1 N–H and O–H groups in total. The Hall–Kier alpha value is -0.980. The van der Waals surface area contributed by atoms with Crippen LogP contribution in [-0.2, 0) is 10.0 Å². The van der Waals surface area contributed by atoms with Gasteiger partial charge in [0.1, 0.15) is 10.7 Å². The summed E-state index contributed by atoms with van der Waals surface area (Å²) in [6.07, 6.45) is 0.753. The summed E-state index contributed by atoms with van der Waals surface area (Å²) in [5, 5.41) is 3.10. The third-order valence-electron chi connectivity index (χ3n) is 3.29. The van der Waals surface area contributed by atoms with Crippen LogP contribution in [0.25, 0.3) is 0 Å². The molecule has 1 aliphatic rings. The fraction of sp³-hybridized carbons (Fsp3) is 0.500. The molecule has 0 amide bonds. The highest BCUT2D eigenvalue weighted by Crippen LogP contribution is 2.22. The van der Waals surface area contributed by atoms with Crippen LogP contribution in [0.1, 0.15) is 12.0 Å². The minimum Gasteiger partial charge on any atom is -0.315 e. The van der Waals surface area contributed by atoms with Gasteiger partial charge in [-0.05, 0) is 37.6 Å². The Morgan fingerprint density at radius 1 is 1.44 bits per heavy atom. The summed E-state index contributed by atoms with van der Waals surface area (Å²) in [6, 6.07) is 4.03. The number of sulfonamides is 1. The third kappa shape index (κ3) is 2.41. The van der Waals surface area contributed by atoms with Crippen molar-refractivity contribution < 1.29 is 12.8 Å². The molecule has 1 heterocycles. The first-order valence-corrected chi connectivity index (χ1v) is 7.32. The molecule has 2 rings (SSSR count). The van der Waals surface area contributed by atoms with Crippen LogP contribution in [0.3, 0.4) is 0 Å². The fourth-order valence-corrected chi connectivity index (χ4v) is 3.64. The zero-order valence-corrected chi connectivity index (χ0v) is 11.3. The van der Waals surface area contributed by atoms with E-state index in [2.05, 4.69) is 5.32 Å². The second-order valence-electron chi connectivity index (χ2n) is 4.60. The van der Waals surface area contributed by atoms with Gasteiger partial charge in [0.25, 0.3) is 0 Å². The summed E-state index contributed by atoms with van der Waals surface area (Å²) in [6.45, 7) is 3.15. The van der Waals surface area contributed by atoms with E-state index in [1.807, 2.05) is 0 Å². The molecule has 1 atom stereocenters. The van der Waals surface area contributed by atoms with Crippen LogP contribution in [0.2, 0.25) is 0 Å². The smallest absolute Gasteiger partial charge is 0.246 e. The van der Waals surface area contributed by atoms with Gasteiger partial charge in [0.2, 0.25) is 10.0 Å². The molecule has 0 spiro atoms. The van der Waals surface area contributed by atoms with Crippen LogP contribution in [0.5, 0.6) is 0 Å². The first kappa shape index (κ1) is 13.5. The van der Waals surface area contributed by atoms with Gasteiger partial charge in [-0.3, -0.25) is 0 Å². The first-order valence-electron chi connectivity index (χ1n) is 5.88. The quantitative estimate of drug-likeness (QED) is 0.897. The van der Waals surface area contributed by atoms with Crippen molar-refractivity contribution in [2.24, 2.45) is 0 Å². The van der Waals surface area contributed by atoms with Gasteiger partial charge in [0.05, 0.1) is 0 Å². The van der Waals surface area contributed by atoms with Crippen LogP contribution in [0.15, 0.2) is 23.1 Å². The van der Waals surface area contributed by atoms with E-state index in [9.17, 15) is 12.8 Å². The maximum Gasteiger partial charge on any atom is 0.246 e. The van der Waals surface area contributed by atoms with E-state index in [-0.39, 0.29) is 10.9 Å². The molecule has 0 saturated carbocycles. The highest BCUT2D eigenvalue weighted by Gasteiger charge is 2.31. The van der Waals surface area contributed by atoms with E-state index in [0.717, 1.165) is 18.5 Å². The van der Waals surface area contributed by atoms with Gasteiger partial charge >= 0.3 is 0 Å². The molecule has 1 aliphatic heterocycles. The second kappa shape index (κ2) is 4.95. The first-order chi connectivity index (χ1) is 8.43. The number of nitrogens with zero attached hydrogens (tertiary/aromatic N) is 1. The van der Waals surface area contributed by atoms with Gasteiger partial charge < -0.3 is 5.32 Å². The van der Waals surface area contributed by atoms with E-state index in [1.165, 1.54) is 23.5 Å². The predicted octanol–water partition coefficient (Wildman–Crippen LogP) is 1.12. The van der Waals surface area contributed by atoms with Crippen molar-refractivity contribution in [2.75, 3.05) is 20.1 Å². The number of benzene rings is 1. The average Bonchev–Trinajstić information content (AvgIpc) is 2.84. The standard InChI is InChI=1S/C12H17FN2O2S/c1-9-3-4-11(13)12(7-9)18(16,17)15(2)10-5-6-14-8-10/h3-4,7,10,14H,5-6,8H2,1-2H3/t10-/m1/s1. The maximum atomic E-state index is 13.7. The highest BCUT2D eigenvalue weighted by molar-refractivity contribution is 7.89. The summed E-state index contributed by atoms with van der Waals surface area (Å²) in [5.41, 5.74) is 0.730. The lowest BCUT2D eigenvalue weighted by Gasteiger charge is -2.23. The SMILES string of the molecule is Cc1ccc(F)c(S(=O)(=O)N(C)[C@@H]2CCNC2)c1. The summed E-state index contributed by atoms with van der Waals surface area (Å²) in [4.78, 5) is -0.239. The van der Waals surface area contributed by atoms with Crippen molar-refractivity contribution in [1.29, 1.82) is 0 Å². The molecule has 100 valence electrons. The van der Waals surface area contributed by atoms with Crippen molar-refractivity contribution in [3.8, 4) is 0 Å². The molecule has 6 heteroatoms. The van der Waals surface area contributed by atoms with Crippen LogP contribution < -0.4 is 5.32 Å². The number of hydrogen-bond acceptors (Lipinski definition) is 3. The van der Waals surface area contributed by atoms with Crippen molar-refractivity contribution in [2.45, 2.75) is 24.3 Å². The molecule has 0 aromatic heterocycles. The molecule has 1 aromatic rings. The van der Waals surface area contributed by atoms with Crippen LogP contribution in [-0.4, -0.2) is 38.9 Å². The van der Waals surface area contributed by atoms with Gasteiger partial charge in [-0.2, -0.15) is 4.31 Å². The van der Waals surface area contributed by atoms with Crippen molar-refractivity contribution in [3.05, 3.63) is 29.6 Å². The maximum absolute atomic E-state index is 13.7. The molecular formula is C12H17FN2O2S. The van der Waals surface area contributed by atoms with Crippen molar-refractivity contribution in [1.82, 2.24) is 9.62 Å². The van der Waals surface area contributed by atoms with Crippen molar-refractivity contribution in [3.63, 3.8) is 0 Å². The van der Waals surface area contributed by atoms with Crippen LogP contribution in [0, 0.1) is 12.7 Å². The minimum absolute atomic E-state index is 0.102. The molecule has 0 unspecified atom stereocenters. The third-order valence-corrected chi connectivity index (χ3v) is 5.22. The lowest BCUT2D eigenvalue weighted by molar-refractivity contribution is 0.385. The average molecular weight is 272 g/mol. The second-order valence-corrected chi connectivity index (χ2v) is 6.57. The zero-order chi connectivity index (χ0) is 13.3. The van der Waals surface area contributed by atoms with Gasteiger partial charge in [-0.1, -0.05) is 6.07 Å². The highest BCUT2D eigenvalue weighted by atomic mass is 32.2. The molecule has 0 aliphatic carbocycles. The van der Waals surface area contributed by atoms with Gasteiger partial charge in [-0.15, -0.1) is 0 Å². The summed E-state index contributed by atoms with van der Waals surface area (Å²) in [5.74, 6) is -0.696.